The van der Waals surface area contributed by atoms with E-state index in [1.807, 2.05) is 24.1 Å². The Bertz CT molecular complexity index is 732. The van der Waals surface area contributed by atoms with Gasteiger partial charge in [-0.25, -0.2) is 9.18 Å². The van der Waals surface area contributed by atoms with Crippen LogP contribution in [-0.2, 0) is 17.9 Å². The van der Waals surface area contributed by atoms with Crippen LogP contribution in [0.25, 0.3) is 0 Å². The van der Waals surface area contributed by atoms with Crippen molar-refractivity contribution >= 4 is 17.6 Å². The van der Waals surface area contributed by atoms with Crippen molar-refractivity contribution in [2.24, 2.45) is 0 Å². The molecule has 0 atom stereocenters. The lowest BCUT2D eigenvalue weighted by molar-refractivity contribution is -0.121. The van der Waals surface area contributed by atoms with Crippen molar-refractivity contribution in [3.63, 3.8) is 0 Å². The zero-order valence-electron chi connectivity index (χ0n) is 14.9. The molecule has 2 rings (SSSR count). The lowest BCUT2D eigenvalue weighted by Crippen LogP contribution is -2.32. The van der Waals surface area contributed by atoms with Gasteiger partial charge in [0.15, 0.2) is 0 Å². The summed E-state index contributed by atoms with van der Waals surface area (Å²) in [6.07, 6.45) is 0. The van der Waals surface area contributed by atoms with Crippen molar-refractivity contribution in [2.75, 3.05) is 26.0 Å². The fourth-order valence-corrected chi connectivity index (χ4v) is 2.35. The molecule has 0 bridgehead atoms. The lowest BCUT2D eigenvalue weighted by atomic mass is 10.2. The van der Waals surface area contributed by atoms with Crippen LogP contribution in [0.3, 0.4) is 0 Å². The highest BCUT2D eigenvalue weighted by molar-refractivity contribution is 5.89. The summed E-state index contributed by atoms with van der Waals surface area (Å²) in [5, 5.41) is 8.05. The molecule has 0 aliphatic carbocycles. The second-order valence-electron chi connectivity index (χ2n) is 5.98. The van der Waals surface area contributed by atoms with Gasteiger partial charge in [-0.15, -0.1) is 0 Å². The molecule has 7 heteroatoms. The fraction of sp³-hybridized carbons (Fsp3) is 0.263. The quantitative estimate of drug-likeness (QED) is 0.711. The molecule has 0 heterocycles. The molecule has 3 amide bonds. The molecule has 0 spiro atoms. The van der Waals surface area contributed by atoms with E-state index >= 15 is 0 Å². The smallest absolute Gasteiger partial charge is 0.319 e. The molecule has 0 saturated carbocycles. The van der Waals surface area contributed by atoms with E-state index in [-0.39, 0.29) is 17.8 Å². The summed E-state index contributed by atoms with van der Waals surface area (Å²) in [6.45, 7) is 1.27. The van der Waals surface area contributed by atoms with Crippen LogP contribution in [0.5, 0.6) is 0 Å². The highest BCUT2D eigenvalue weighted by Gasteiger charge is 2.06. The Balaban J connectivity index is 1.79. The number of carbonyl (C=O) groups is 2. The number of urea groups is 1. The number of nitrogens with one attached hydrogen (secondary N) is 3. The Labute approximate surface area is 152 Å². The van der Waals surface area contributed by atoms with Gasteiger partial charge < -0.3 is 16.0 Å². The van der Waals surface area contributed by atoms with Crippen LogP contribution in [0.4, 0.5) is 14.9 Å². The van der Waals surface area contributed by atoms with Crippen LogP contribution in [0.15, 0.2) is 48.5 Å². The molecule has 2 aromatic rings. The van der Waals surface area contributed by atoms with Crippen molar-refractivity contribution in [3.05, 3.63) is 65.5 Å². The Morgan fingerprint density at radius 3 is 2.23 bits per heavy atom. The first-order valence-corrected chi connectivity index (χ1v) is 8.23. The van der Waals surface area contributed by atoms with E-state index in [9.17, 15) is 14.0 Å². The summed E-state index contributed by atoms with van der Waals surface area (Å²) in [5.41, 5.74) is 2.52. The standard InChI is InChI=1S/C19H23FN4O2/c1-21-18(25)13-24(2)12-15-5-9-17(10-6-15)23-19(26)22-11-14-3-7-16(20)8-4-14/h3-10H,11-13H2,1-2H3,(H,21,25)(H2,22,23,26). The molecule has 0 fully saturated rings. The van der Waals surface area contributed by atoms with Crippen molar-refractivity contribution in [3.8, 4) is 0 Å². The van der Waals surface area contributed by atoms with Gasteiger partial charge in [0.1, 0.15) is 5.82 Å². The van der Waals surface area contributed by atoms with Crippen molar-refractivity contribution in [1.29, 1.82) is 0 Å². The number of benzene rings is 2. The Morgan fingerprint density at radius 2 is 1.62 bits per heavy atom. The van der Waals surface area contributed by atoms with E-state index in [1.54, 1.807) is 31.3 Å². The molecular formula is C19H23FN4O2. The SMILES string of the molecule is CNC(=O)CN(C)Cc1ccc(NC(=O)NCc2ccc(F)cc2)cc1. The maximum absolute atomic E-state index is 12.8. The maximum Gasteiger partial charge on any atom is 0.319 e. The van der Waals surface area contributed by atoms with Crippen LogP contribution < -0.4 is 16.0 Å². The zero-order chi connectivity index (χ0) is 18.9. The van der Waals surface area contributed by atoms with E-state index < -0.39 is 0 Å². The third-order valence-electron chi connectivity index (χ3n) is 3.72. The van der Waals surface area contributed by atoms with Gasteiger partial charge in [-0.2, -0.15) is 0 Å². The summed E-state index contributed by atoms with van der Waals surface area (Å²) >= 11 is 0. The van der Waals surface area contributed by atoms with Crippen molar-refractivity contribution in [2.45, 2.75) is 13.1 Å². The van der Waals surface area contributed by atoms with Gasteiger partial charge in [0.05, 0.1) is 6.54 Å². The zero-order valence-corrected chi connectivity index (χ0v) is 14.9. The minimum atomic E-state index is -0.334. The van der Waals surface area contributed by atoms with Crippen molar-refractivity contribution < 1.29 is 14.0 Å². The molecule has 0 saturated heterocycles. The van der Waals surface area contributed by atoms with Crippen LogP contribution in [-0.4, -0.2) is 37.5 Å². The first-order valence-electron chi connectivity index (χ1n) is 8.23. The third kappa shape index (κ3) is 6.52. The number of hydrogen-bond donors (Lipinski definition) is 3. The second-order valence-corrected chi connectivity index (χ2v) is 5.98. The van der Waals surface area contributed by atoms with E-state index in [0.717, 1.165) is 11.1 Å². The fourth-order valence-electron chi connectivity index (χ4n) is 2.35. The largest absolute Gasteiger partial charge is 0.358 e. The van der Waals surface area contributed by atoms with E-state index in [4.69, 9.17) is 0 Å². The number of carbonyl (C=O) groups excluding carboxylic acids is 2. The van der Waals surface area contributed by atoms with Gasteiger partial charge in [0.25, 0.3) is 0 Å². The summed E-state index contributed by atoms with van der Waals surface area (Å²) < 4.78 is 12.8. The van der Waals surface area contributed by atoms with E-state index in [0.29, 0.717) is 25.3 Å². The minimum absolute atomic E-state index is 0.0383. The monoisotopic (exact) mass is 358 g/mol. The molecule has 0 aliphatic heterocycles. The van der Waals surface area contributed by atoms with Crippen molar-refractivity contribution in [1.82, 2.24) is 15.5 Å². The Kier molecular flexibility index (Phi) is 7.11. The summed E-state index contributed by atoms with van der Waals surface area (Å²) in [5.74, 6) is -0.345. The van der Waals surface area contributed by atoms with Gasteiger partial charge in [-0.3, -0.25) is 9.69 Å². The highest BCUT2D eigenvalue weighted by Crippen LogP contribution is 2.11. The van der Waals surface area contributed by atoms with Crippen LogP contribution in [0.2, 0.25) is 0 Å². The predicted octanol–water partition coefficient (Wildman–Crippen LogP) is 2.33. The number of anilines is 1. The molecule has 3 N–H and O–H groups in total. The molecule has 0 unspecified atom stereocenters. The average Bonchev–Trinajstić information content (AvgIpc) is 2.62. The van der Waals surface area contributed by atoms with E-state index in [1.165, 1.54) is 12.1 Å². The molecule has 0 radical (unpaired) electrons. The molecule has 0 aromatic heterocycles. The molecular weight excluding hydrogens is 335 g/mol. The number of likely N-dealkylation sites (N-methyl/N-ethyl adjacent to an activating group) is 2. The van der Waals surface area contributed by atoms with Crippen LogP contribution in [0, 0.1) is 5.82 Å². The number of nitrogens with zero attached hydrogens (tertiary/aromatic N) is 1. The average molecular weight is 358 g/mol. The van der Waals surface area contributed by atoms with Crippen LogP contribution >= 0.6 is 0 Å². The molecule has 0 aliphatic rings. The molecule has 6 nitrogen and oxygen atoms in total. The van der Waals surface area contributed by atoms with Gasteiger partial charge in [0, 0.05) is 25.8 Å². The molecule has 138 valence electrons. The topological polar surface area (TPSA) is 73.5 Å². The first kappa shape index (κ1) is 19.4. The Hall–Kier alpha value is -2.93. The molecule has 26 heavy (non-hydrogen) atoms. The second kappa shape index (κ2) is 9.53. The summed E-state index contributed by atoms with van der Waals surface area (Å²) in [7, 11) is 3.47. The van der Waals surface area contributed by atoms with Crippen LogP contribution in [0.1, 0.15) is 11.1 Å². The predicted molar refractivity (Wildman–Crippen MR) is 99.1 cm³/mol. The Morgan fingerprint density at radius 1 is 1.00 bits per heavy atom. The summed E-state index contributed by atoms with van der Waals surface area (Å²) in [6, 6.07) is 13.0. The van der Waals surface area contributed by atoms with Gasteiger partial charge in [-0.1, -0.05) is 24.3 Å². The number of halogens is 1. The maximum atomic E-state index is 12.8. The minimum Gasteiger partial charge on any atom is -0.358 e. The number of hydrogen-bond acceptors (Lipinski definition) is 3. The van der Waals surface area contributed by atoms with Gasteiger partial charge in [0.2, 0.25) is 5.91 Å². The number of rotatable bonds is 7. The first-order chi connectivity index (χ1) is 12.5. The normalized spacial score (nSPS) is 10.5. The third-order valence-corrected chi connectivity index (χ3v) is 3.72. The number of amides is 3. The van der Waals surface area contributed by atoms with Gasteiger partial charge in [-0.05, 0) is 42.4 Å². The summed E-state index contributed by atoms with van der Waals surface area (Å²) in [4.78, 5) is 25.2. The molecule has 2 aromatic carbocycles. The highest BCUT2D eigenvalue weighted by atomic mass is 19.1. The van der Waals surface area contributed by atoms with Gasteiger partial charge >= 0.3 is 6.03 Å². The van der Waals surface area contributed by atoms with E-state index in [2.05, 4.69) is 16.0 Å². The lowest BCUT2D eigenvalue weighted by Gasteiger charge is -2.16.